The number of hydrogen-bond donors (Lipinski definition) is 0. The molecule has 4 aromatic rings. The fourth-order valence-corrected chi connectivity index (χ4v) is 5.18. The Hall–Kier alpha value is -3.07. The molecule has 0 bridgehead atoms. The standard InChI is InChI=1S/2C18H22N2S2.Ni/c2*1-19(2)15-9-5-13(6-10-15)17(21)18(22)14-7-11-16(12-8-14)20(3)4;/h2*5-12,21-22H,1-4H3;/p-4/b2*18-17-;. The van der Waals surface area contributed by atoms with Gasteiger partial charge in [0.15, 0.2) is 0 Å². The molecule has 0 spiro atoms. The van der Waals surface area contributed by atoms with Crippen LogP contribution in [-0.4, -0.2) is 56.4 Å². The third-order valence-corrected chi connectivity index (χ3v) is 9.01. The Morgan fingerprint density at radius 1 is 0.311 bits per heavy atom. The zero-order valence-electron chi connectivity index (χ0n) is 27.0. The van der Waals surface area contributed by atoms with Crippen LogP contribution in [0, 0.1) is 0 Å². The normalized spacial score (nSPS) is 11.6. The quantitative estimate of drug-likeness (QED) is 0.105. The maximum atomic E-state index is 5.55. The largest absolute Gasteiger partial charge is 0.781 e. The van der Waals surface area contributed by atoms with E-state index in [9.17, 15) is 0 Å². The maximum absolute atomic E-state index is 5.55. The molecule has 0 saturated heterocycles. The van der Waals surface area contributed by atoms with E-state index in [0.29, 0.717) is 0 Å². The molecule has 0 fully saturated rings. The van der Waals surface area contributed by atoms with Crippen LogP contribution >= 0.6 is 0 Å². The summed E-state index contributed by atoms with van der Waals surface area (Å²) < 4.78 is 0. The Kier molecular flexibility index (Phi) is 14.9. The molecule has 45 heavy (non-hydrogen) atoms. The number of hydrogen-bond acceptors (Lipinski definition) is 8. The van der Waals surface area contributed by atoms with Crippen LogP contribution in [0.4, 0.5) is 22.7 Å². The summed E-state index contributed by atoms with van der Waals surface area (Å²) >= 11 is 22.2. The Bertz CT molecular complexity index is 1320. The van der Waals surface area contributed by atoms with Gasteiger partial charge in [0.1, 0.15) is 0 Å². The van der Waals surface area contributed by atoms with Crippen LogP contribution < -0.4 is 19.6 Å². The van der Waals surface area contributed by atoms with E-state index >= 15 is 0 Å². The molecule has 4 nitrogen and oxygen atoms in total. The molecule has 242 valence electrons. The van der Waals surface area contributed by atoms with Crippen molar-refractivity contribution in [2.75, 3.05) is 76.0 Å². The minimum atomic E-state index is 0. The topological polar surface area (TPSA) is 13.0 Å². The molecule has 0 unspecified atom stereocenters. The van der Waals surface area contributed by atoms with Crippen LogP contribution in [0.3, 0.4) is 0 Å². The molecule has 0 N–H and O–H groups in total. The van der Waals surface area contributed by atoms with Gasteiger partial charge in [0.25, 0.3) is 0 Å². The van der Waals surface area contributed by atoms with E-state index in [1.54, 1.807) is 0 Å². The Labute approximate surface area is 302 Å². The second kappa shape index (κ2) is 17.6. The number of anilines is 4. The first-order valence-corrected chi connectivity index (χ1v) is 15.7. The minimum absolute atomic E-state index is 0. The fraction of sp³-hybridized carbons (Fsp3) is 0.222. The second-order valence-corrected chi connectivity index (χ2v) is 12.7. The van der Waals surface area contributed by atoms with Gasteiger partial charge in [-0.3, -0.25) is 0 Å². The van der Waals surface area contributed by atoms with Gasteiger partial charge >= 0.3 is 0 Å². The van der Waals surface area contributed by atoms with Gasteiger partial charge in [-0.15, -0.1) is 0 Å². The molecule has 0 saturated carbocycles. The molecular weight excluding hydrogens is 675 g/mol. The van der Waals surface area contributed by atoms with E-state index in [2.05, 4.69) is 68.1 Å². The van der Waals surface area contributed by atoms with Crippen molar-refractivity contribution >= 4 is 92.9 Å². The summed E-state index contributed by atoms with van der Waals surface area (Å²) in [6, 6.07) is 32.6. The summed E-state index contributed by atoms with van der Waals surface area (Å²) in [6.45, 7) is 0. The van der Waals surface area contributed by atoms with E-state index in [1.807, 2.05) is 105 Å². The van der Waals surface area contributed by atoms with E-state index in [0.717, 1.165) is 64.6 Å². The predicted molar refractivity (Wildman–Crippen MR) is 206 cm³/mol. The zero-order chi connectivity index (χ0) is 32.6. The molecule has 0 aromatic heterocycles. The van der Waals surface area contributed by atoms with Crippen molar-refractivity contribution in [3.05, 3.63) is 119 Å². The summed E-state index contributed by atoms with van der Waals surface area (Å²) in [4.78, 5) is 11.1. The van der Waals surface area contributed by atoms with Gasteiger partial charge in [-0.25, -0.2) is 0 Å². The Morgan fingerprint density at radius 3 is 0.556 bits per heavy atom. The molecule has 0 radical (unpaired) electrons. The van der Waals surface area contributed by atoms with E-state index in [1.165, 1.54) is 0 Å². The van der Waals surface area contributed by atoms with Crippen LogP contribution in [0.1, 0.15) is 22.3 Å². The van der Waals surface area contributed by atoms with Crippen LogP contribution in [0.5, 0.6) is 0 Å². The summed E-state index contributed by atoms with van der Waals surface area (Å²) in [5.74, 6) is 0. The molecule has 0 amide bonds. The summed E-state index contributed by atoms with van der Waals surface area (Å²) in [7, 11) is 16.1. The average molecular weight is 716 g/mol. The second-order valence-electron chi connectivity index (χ2n) is 11.1. The fourth-order valence-electron chi connectivity index (χ4n) is 4.17. The SMILES string of the molecule is CN(C)c1ccc(/C([S-])=C(/[S-])c2ccc(N(C)C)cc2)cc1.CN(C)c1ccc(/C([S-])=C(/[S-])c2ccc(N(C)C)cc2)cc1.[Ni]. The smallest absolute Gasteiger partial charge is 0.0361 e. The van der Waals surface area contributed by atoms with Gasteiger partial charge in [0, 0.05) is 95.6 Å². The van der Waals surface area contributed by atoms with Crippen LogP contribution in [0.15, 0.2) is 97.1 Å². The van der Waals surface area contributed by atoms with E-state index in [4.69, 9.17) is 50.5 Å². The average Bonchev–Trinajstić information content (AvgIpc) is 3.03. The maximum Gasteiger partial charge on any atom is 0.0361 e. The van der Waals surface area contributed by atoms with Crippen LogP contribution in [0.2, 0.25) is 0 Å². The predicted octanol–water partition coefficient (Wildman–Crippen LogP) is 7.47. The minimum Gasteiger partial charge on any atom is -0.781 e. The molecule has 4 aromatic carbocycles. The first-order chi connectivity index (χ1) is 20.8. The number of nitrogens with zero attached hydrogens (tertiary/aromatic N) is 4. The summed E-state index contributed by atoms with van der Waals surface area (Å²) in [5.41, 5.74) is 8.54. The van der Waals surface area contributed by atoms with Gasteiger partial charge in [0.2, 0.25) is 0 Å². The summed E-state index contributed by atoms with van der Waals surface area (Å²) in [5, 5.41) is 0. The van der Waals surface area contributed by atoms with Gasteiger partial charge in [-0.1, -0.05) is 48.5 Å². The molecular formula is C36H40N4NiS4-4. The molecule has 0 aliphatic carbocycles. The van der Waals surface area contributed by atoms with Crippen LogP contribution in [-0.2, 0) is 67.0 Å². The molecule has 0 aliphatic rings. The molecule has 9 heteroatoms. The van der Waals surface area contributed by atoms with Crippen molar-refractivity contribution < 1.29 is 16.5 Å². The van der Waals surface area contributed by atoms with Gasteiger partial charge in [-0.05, 0) is 70.8 Å². The van der Waals surface area contributed by atoms with E-state index < -0.39 is 0 Å². The zero-order valence-corrected chi connectivity index (χ0v) is 31.2. The summed E-state index contributed by atoms with van der Waals surface area (Å²) in [6.07, 6.45) is 0. The molecule has 0 aliphatic heterocycles. The molecule has 4 rings (SSSR count). The van der Waals surface area contributed by atoms with Crippen molar-refractivity contribution in [1.29, 1.82) is 0 Å². The van der Waals surface area contributed by atoms with E-state index in [-0.39, 0.29) is 16.5 Å². The molecule has 0 atom stereocenters. The Morgan fingerprint density at radius 2 is 0.444 bits per heavy atom. The van der Waals surface area contributed by atoms with Gasteiger partial charge in [0.05, 0.1) is 0 Å². The van der Waals surface area contributed by atoms with Crippen molar-refractivity contribution in [1.82, 2.24) is 0 Å². The van der Waals surface area contributed by atoms with Crippen molar-refractivity contribution in [3.63, 3.8) is 0 Å². The third-order valence-electron chi connectivity index (χ3n) is 7.00. The van der Waals surface area contributed by atoms with Crippen molar-refractivity contribution in [3.8, 4) is 0 Å². The third kappa shape index (κ3) is 10.5. The van der Waals surface area contributed by atoms with Gasteiger partial charge in [-0.2, -0.15) is 19.6 Å². The van der Waals surface area contributed by atoms with Gasteiger partial charge < -0.3 is 70.1 Å². The Balaban J connectivity index is 0.000000307. The van der Waals surface area contributed by atoms with Crippen LogP contribution in [0.25, 0.3) is 19.6 Å². The number of benzene rings is 4. The molecule has 0 heterocycles. The first-order valence-electron chi connectivity index (χ1n) is 14.1. The van der Waals surface area contributed by atoms with Crippen molar-refractivity contribution in [2.45, 2.75) is 0 Å². The monoisotopic (exact) mass is 714 g/mol. The van der Waals surface area contributed by atoms with Crippen molar-refractivity contribution in [2.24, 2.45) is 0 Å². The number of rotatable bonds is 8. The first kappa shape index (κ1) is 38.1.